The van der Waals surface area contributed by atoms with Crippen LogP contribution in [0.3, 0.4) is 0 Å². The van der Waals surface area contributed by atoms with Gasteiger partial charge >= 0.3 is 0 Å². The lowest BCUT2D eigenvalue weighted by Gasteiger charge is -2.33. The fourth-order valence-corrected chi connectivity index (χ4v) is 5.56. The molecule has 31 heavy (non-hydrogen) atoms. The van der Waals surface area contributed by atoms with Crippen molar-refractivity contribution in [1.29, 1.82) is 0 Å². The SMILES string of the molecule is COc1cc(CN2CCC3(CC2)C[C@@H]3C(=O)NCCC2=CCCCC2)cc2c1OCO2. The van der Waals surface area contributed by atoms with Gasteiger partial charge in [-0.25, -0.2) is 0 Å². The van der Waals surface area contributed by atoms with Gasteiger partial charge in [0, 0.05) is 19.0 Å². The predicted molar refractivity (Wildman–Crippen MR) is 118 cm³/mol. The van der Waals surface area contributed by atoms with Crippen LogP contribution in [-0.4, -0.2) is 44.3 Å². The smallest absolute Gasteiger partial charge is 0.231 e. The zero-order chi connectivity index (χ0) is 21.3. The van der Waals surface area contributed by atoms with Gasteiger partial charge in [-0.2, -0.15) is 0 Å². The molecule has 1 saturated carbocycles. The Morgan fingerprint density at radius 2 is 2.13 bits per heavy atom. The molecule has 4 aliphatic rings. The van der Waals surface area contributed by atoms with Gasteiger partial charge in [-0.1, -0.05) is 11.6 Å². The minimum atomic E-state index is 0.223. The van der Waals surface area contributed by atoms with Crippen LogP contribution in [0.2, 0.25) is 0 Å². The van der Waals surface area contributed by atoms with E-state index in [0.29, 0.717) is 5.75 Å². The van der Waals surface area contributed by atoms with Gasteiger partial charge in [0.25, 0.3) is 0 Å². The maximum atomic E-state index is 12.7. The number of piperidine rings is 1. The van der Waals surface area contributed by atoms with Gasteiger partial charge < -0.3 is 19.5 Å². The van der Waals surface area contributed by atoms with E-state index >= 15 is 0 Å². The molecule has 1 spiro atoms. The molecule has 1 atom stereocenters. The third-order valence-corrected chi connectivity index (χ3v) is 7.61. The Labute approximate surface area is 184 Å². The van der Waals surface area contributed by atoms with Gasteiger partial charge in [0.2, 0.25) is 18.4 Å². The maximum Gasteiger partial charge on any atom is 0.231 e. The van der Waals surface area contributed by atoms with Crippen LogP contribution in [-0.2, 0) is 11.3 Å². The van der Waals surface area contributed by atoms with Gasteiger partial charge in [0.05, 0.1) is 7.11 Å². The summed E-state index contributed by atoms with van der Waals surface area (Å²) in [4.78, 5) is 15.2. The molecule has 1 N–H and O–H groups in total. The molecule has 5 rings (SSSR count). The van der Waals surface area contributed by atoms with Crippen molar-refractivity contribution in [2.45, 2.75) is 57.9 Å². The van der Waals surface area contributed by atoms with Gasteiger partial charge in [-0.3, -0.25) is 9.69 Å². The van der Waals surface area contributed by atoms with E-state index in [1.165, 1.54) is 36.8 Å². The number of hydrogen-bond donors (Lipinski definition) is 1. The molecule has 0 unspecified atom stereocenters. The summed E-state index contributed by atoms with van der Waals surface area (Å²) in [5.74, 6) is 2.72. The van der Waals surface area contributed by atoms with Crippen LogP contribution < -0.4 is 19.5 Å². The lowest BCUT2D eigenvalue weighted by Crippen LogP contribution is -2.37. The molecule has 2 fully saturated rings. The molecular weight excluding hydrogens is 392 g/mol. The molecule has 1 aromatic rings. The number of fused-ring (bicyclic) bond motifs is 1. The summed E-state index contributed by atoms with van der Waals surface area (Å²) in [7, 11) is 1.66. The van der Waals surface area contributed by atoms with Crippen molar-refractivity contribution in [3.8, 4) is 17.2 Å². The molecule has 0 aromatic heterocycles. The summed E-state index contributed by atoms with van der Waals surface area (Å²) in [5.41, 5.74) is 2.96. The zero-order valence-electron chi connectivity index (χ0n) is 18.6. The number of rotatable bonds is 7. The number of nitrogens with zero attached hydrogens (tertiary/aromatic N) is 1. The van der Waals surface area contributed by atoms with Crippen molar-refractivity contribution in [2.24, 2.45) is 11.3 Å². The zero-order valence-corrected chi connectivity index (χ0v) is 18.6. The van der Waals surface area contributed by atoms with Crippen LogP contribution in [0.5, 0.6) is 17.2 Å². The standard InChI is InChI=1S/C25H34N2O4/c1-29-21-13-19(14-22-23(21)31-17-30-22)16-27-11-8-25(9-12-27)15-20(25)24(28)26-10-7-18-5-3-2-4-6-18/h5,13-14,20H,2-4,6-12,15-17H2,1H3,(H,26,28)/t20-/m1/s1. The van der Waals surface area contributed by atoms with Crippen LogP contribution in [0.4, 0.5) is 0 Å². The van der Waals surface area contributed by atoms with Crippen LogP contribution in [0, 0.1) is 11.3 Å². The van der Waals surface area contributed by atoms with E-state index in [2.05, 4.69) is 22.4 Å². The topological polar surface area (TPSA) is 60.0 Å². The van der Waals surface area contributed by atoms with E-state index in [1.54, 1.807) is 7.11 Å². The molecule has 1 saturated heterocycles. The molecular formula is C25H34N2O4. The Morgan fingerprint density at radius 3 is 2.90 bits per heavy atom. The van der Waals surface area contributed by atoms with E-state index in [-0.39, 0.29) is 24.0 Å². The lowest BCUT2D eigenvalue weighted by molar-refractivity contribution is -0.123. The highest BCUT2D eigenvalue weighted by Gasteiger charge is 2.58. The molecule has 2 aliphatic heterocycles. The number of carbonyl (C=O) groups excluding carboxylic acids is 1. The first-order valence-corrected chi connectivity index (χ1v) is 11.8. The number of nitrogens with one attached hydrogen (secondary N) is 1. The highest BCUT2D eigenvalue weighted by Crippen LogP contribution is 2.59. The molecule has 0 radical (unpaired) electrons. The van der Waals surface area contributed by atoms with E-state index in [0.717, 1.165) is 63.4 Å². The summed E-state index contributed by atoms with van der Waals surface area (Å²) < 4.78 is 16.5. The fraction of sp³-hybridized carbons (Fsp3) is 0.640. The number of ether oxygens (including phenoxy) is 3. The first-order valence-electron chi connectivity index (χ1n) is 11.8. The average Bonchev–Trinajstić information content (AvgIpc) is 3.28. The summed E-state index contributed by atoms with van der Waals surface area (Å²) in [6, 6.07) is 4.11. The Balaban J connectivity index is 1.09. The number of likely N-dealkylation sites (tertiary alicyclic amines) is 1. The maximum absolute atomic E-state index is 12.7. The number of allylic oxidation sites excluding steroid dienone is 1. The van der Waals surface area contributed by atoms with Crippen molar-refractivity contribution < 1.29 is 19.0 Å². The van der Waals surface area contributed by atoms with Gasteiger partial charge in [0.1, 0.15) is 0 Å². The number of benzene rings is 1. The molecule has 6 heteroatoms. The molecule has 2 aliphatic carbocycles. The number of amides is 1. The second-order valence-corrected chi connectivity index (χ2v) is 9.58. The van der Waals surface area contributed by atoms with Crippen molar-refractivity contribution in [3.05, 3.63) is 29.3 Å². The first-order chi connectivity index (χ1) is 15.2. The summed E-state index contributed by atoms with van der Waals surface area (Å²) in [6.07, 6.45) is 11.7. The minimum absolute atomic E-state index is 0.223. The van der Waals surface area contributed by atoms with E-state index in [4.69, 9.17) is 14.2 Å². The first kappa shape index (κ1) is 20.7. The monoisotopic (exact) mass is 426 g/mol. The van der Waals surface area contributed by atoms with Crippen LogP contribution in [0.15, 0.2) is 23.8 Å². The van der Waals surface area contributed by atoms with Gasteiger partial charge in [-0.15, -0.1) is 0 Å². The van der Waals surface area contributed by atoms with Crippen LogP contribution in [0.25, 0.3) is 0 Å². The highest BCUT2D eigenvalue weighted by molar-refractivity contribution is 5.82. The molecule has 0 bridgehead atoms. The molecule has 168 valence electrons. The predicted octanol–water partition coefficient (Wildman–Crippen LogP) is 4.03. The number of methoxy groups -OCH3 is 1. The summed E-state index contributed by atoms with van der Waals surface area (Å²) >= 11 is 0. The molecule has 6 nitrogen and oxygen atoms in total. The second-order valence-electron chi connectivity index (χ2n) is 9.58. The van der Waals surface area contributed by atoms with E-state index < -0.39 is 0 Å². The fourth-order valence-electron chi connectivity index (χ4n) is 5.56. The minimum Gasteiger partial charge on any atom is -0.493 e. The van der Waals surface area contributed by atoms with Crippen molar-refractivity contribution in [2.75, 3.05) is 33.5 Å². The van der Waals surface area contributed by atoms with Crippen LogP contribution >= 0.6 is 0 Å². The van der Waals surface area contributed by atoms with E-state index in [1.807, 2.05) is 6.07 Å². The Bertz CT molecular complexity index is 857. The van der Waals surface area contributed by atoms with Crippen molar-refractivity contribution >= 4 is 5.91 Å². The van der Waals surface area contributed by atoms with Crippen molar-refractivity contribution in [1.82, 2.24) is 10.2 Å². The molecule has 1 amide bonds. The third kappa shape index (κ3) is 4.40. The van der Waals surface area contributed by atoms with Gasteiger partial charge in [0.15, 0.2) is 11.5 Å². The Hall–Kier alpha value is -2.21. The molecule has 2 heterocycles. The molecule has 1 aromatic carbocycles. The second kappa shape index (κ2) is 8.73. The van der Waals surface area contributed by atoms with Crippen molar-refractivity contribution in [3.63, 3.8) is 0 Å². The number of carbonyl (C=O) groups is 1. The average molecular weight is 427 g/mol. The quantitative estimate of drug-likeness (QED) is 0.667. The summed E-state index contributed by atoms with van der Waals surface area (Å²) in [6.45, 7) is 3.99. The Morgan fingerprint density at radius 1 is 1.26 bits per heavy atom. The number of hydrogen-bond acceptors (Lipinski definition) is 5. The van der Waals surface area contributed by atoms with E-state index in [9.17, 15) is 4.79 Å². The summed E-state index contributed by atoms with van der Waals surface area (Å²) in [5, 5.41) is 3.22. The Kier molecular flexibility index (Phi) is 5.83. The normalized spacial score (nSPS) is 24.0. The largest absolute Gasteiger partial charge is 0.493 e. The lowest BCUT2D eigenvalue weighted by atomic mass is 9.90. The highest BCUT2D eigenvalue weighted by atomic mass is 16.7. The van der Waals surface area contributed by atoms with Gasteiger partial charge in [-0.05, 0) is 87.6 Å². The van der Waals surface area contributed by atoms with Crippen LogP contribution in [0.1, 0.15) is 56.9 Å². The third-order valence-electron chi connectivity index (χ3n) is 7.61.